The molecule has 7 heteroatoms. The summed E-state index contributed by atoms with van der Waals surface area (Å²) in [7, 11) is 0. The maximum Gasteiger partial charge on any atom is 0.181 e. The van der Waals surface area contributed by atoms with E-state index in [4.69, 9.17) is 9.84 Å². The molecule has 0 radical (unpaired) electrons. The molecule has 0 bridgehead atoms. The second-order valence-corrected chi connectivity index (χ2v) is 6.40. The molecule has 2 atom stereocenters. The minimum atomic E-state index is -0.140. The van der Waals surface area contributed by atoms with Crippen molar-refractivity contribution >= 4 is 0 Å². The molecular formula is C18H21N5O2. The molecule has 3 aromatic rings. The Bertz CT molecular complexity index is 797. The minimum absolute atomic E-state index is 0.122. The molecule has 25 heavy (non-hydrogen) atoms. The smallest absolute Gasteiger partial charge is 0.181 e. The maximum atomic E-state index is 9.07. The average Bonchev–Trinajstić information content (AvgIpc) is 3.34. The van der Waals surface area contributed by atoms with Crippen molar-refractivity contribution in [1.82, 2.24) is 24.7 Å². The van der Waals surface area contributed by atoms with Crippen molar-refractivity contribution in [2.24, 2.45) is 5.92 Å². The van der Waals surface area contributed by atoms with Gasteiger partial charge in [0.2, 0.25) is 0 Å². The monoisotopic (exact) mass is 339 g/mol. The number of nitrogens with one attached hydrogen (secondary N) is 1. The Balaban J connectivity index is 1.44. The number of aromatic nitrogens is 5. The Morgan fingerprint density at radius 1 is 1.28 bits per heavy atom. The highest BCUT2D eigenvalue weighted by molar-refractivity contribution is 5.55. The average molecular weight is 339 g/mol. The van der Waals surface area contributed by atoms with Gasteiger partial charge < -0.3 is 14.4 Å². The number of rotatable bonds is 5. The molecule has 0 saturated carbocycles. The summed E-state index contributed by atoms with van der Waals surface area (Å²) >= 11 is 0. The predicted molar refractivity (Wildman–Crippen MR) is 91.4 cm³/mol. The summed E-state index contributed by atoms with van der Waals surface area (Å²) in [6.45, 7) is 1.63. The highest BCUT2D eigenvalue weighted by Gasteiger charge is 2.24. The van der Waals surface area contributed by atoms with Gasteiger partial charge in [-0.05, 0) is 24.3 Å². The summed E-state index contributed by atoms with van der Waals surface area (Å²) in [5, 5.41) is 15.9. The van der Waals surface area contributed by atoms with Crippen molar-refractivity contribution in [2.45, 2.75) is 32.1 Å². The van der Waals surface area contributed by atoms with Gasteiger partial charge in [0.1, 0.15) is 6.61 Å². The van der Waals surface area contributed by atoms with E-state index in [1.807, 2.05) is 30.9 Å². The molecule has 4 rings (SSSR count). The molecule has 0 aliphatic carbocycles. The van der Waals surface area contributed by atoms with Gasteiger partial charge in [-0.15, -0.1) is 0 Å². The van der Waals surface area contributed by atoms with Crippen molar-refractivity contribution in [3.05, 3.63) is 54.4 Å². The Kier molecular flexibility index (Phi) is 4.58. The number of nitrogens with zero attached hydrogens (tertiary/aromatic N) is 4. The lowest BCUT2D eigenvalue weighted by atomic mass is 9.91. The third-order valence-corrected chi connectivity index (χ3v) is 4.64. The van der Waals surface area contributed by atoms with Crippen molar-refractivity contribution < 1.29 is 9.84 Å². The summed E-state index contributed by atoms with van der Waals surface area (Å²) in [6.07, 6.45) is 7.91. The van der Waals surface area contributed by atoms with Crippen LogP contribution in [0.5, 0.6) is 0 Å². The van der Waals surface area contributed by atoms with E-state index in [0.29, 0.717) is 17.6 Å². The molecule has 1 saturated heterocycles. The third-order valence-electron chi connectivity index (χ3n) is 4.64. The van der Waals surface area contributed by atoms with Crippen LogP contribution < -0.4 is 0 Å². The highest BCUT2D eigenvalue weighted by atomic mass is 16.5. The number of benzene rings is 1. The van der Waals surface area contributed by atoms with Gasteiger partial charge in [0, 0.05) is 31.1 Å². The number of ether oxygens (including phenoxy) is 1. The molecule has 1 aliphatic heterocycles. The van der Waals surface area contributed by atoms with Crippen LogP contribution >= 0.6 is 0 Å². The summed E-state index contributed by atoms with van der Waals surface area (Å²) in [5.41, 5.74) is 2.10. The second kappa shape index (κ2) is 7.16. The molecule has 2 unspecified atom stereocenters. The first-order valence-electron chi connectivity index (χ1n) is 8.51. The van der Waals surface area contributed by atoms with Gasteiger partial charge in [0.25, 0.3) is 0 Å². The Morgan fingerprint density at radius 2 is 2.16 bits per heavy atom. The molecule has 1 fully saturated rings. The molecule has 130 valence electrons. The normalized spacial score (nSPS) is 20.7. The zero-order chi connectivity index (χ0) is 17.1. The van der Waals surface area contributed by atoms with Crippen LogP contribution in [0.4, 0.5) is 0 Å². The lowest BCUT2D eigenvalue weighted by Gasteiger charge is -2.30. The molecule has 3 heterocycles. The van der Waals surface area contributed by atoms with Crippen molar-refractivity contribution in [3.63, 3.8) is 0 Å². The van der Waals surface area contributed by atoms with Crippen LogP contribution in [0.25, 0.3) is 11.4 Å². The van der Waals surface area contributed by atoms with Crippen LogP contribution in [-0.2, 0) is 17.9 Å². The molecule has 0 amide bonds. The SMILES string of the molecule is OCc1nc(-c2ccc(C3CC(Cn4ccnc4)CCO3)cc2)n[nH]1. The van der Waals surface area contributed by atoms with Crippen LogP contribution in [0.1, 0.15) is 30.3 Å². The fraction of sp³-hybridized carbons (Fsp3) is 0.389. The summed E-state index contributed by atoms with van der Waals surface area (Å²) < 4.78 is 8.12. The zero-order valence-corrected chi connectivity index (χ0v) is 13.9. The Morgan fingerprint density at radius 3 is 2.88 bits per heavy atom. The lowest BCUT2D eigenvalue weighted by molar-refractivity contribution is -0.0138. The van der Waals surface area contributed by atoms with Crippen LogP contribution in [-0.4, -0.2) is 36.4 Å². The van der Waals surface area contributed by atoms with E-state index in [9.17, 15) is 0 Å². The quantitative estimate of drug-likeness (QED) is 0.745. The van der Waals surface area contributed by atoms with Crippen LogP contribution in [0.3, 0.4) is 0 Å². The summed E-state index contributed by atoms with van der Waals surface area (Å²) in [5.74, 6) is 1.66. The van der Waals surface area contributed by atoms with Crippen LogP contribution in [0.2, 0.25) is 0 Å². The van der Waals surface area contributed by atoms with E-state index in [1.165, 1.54) is 5.56 Å². The fourth-order valence-electron chi connectivity index (χ4n) is 3.30. The number of imidazole rings is 1. The molecule has 2 N–H and O–H groups in total. The van der Waals surface area contributed by atoms with Gasteiger partial charge in [0.05, 0.1) is 12.4 Å². The predicted octanol–water partition coefficient (Wildman–Crippen LogP) is 2.33. The first-order chi connectivity index (χ1) is 12.3. The van der Waals surface area contributed by atoms with E-state index < -0.39 is 0 Å². The van der Waals surface area contributed by atoms with Gasteiger partial charge in [-0.3, -0.25) is 5.10 Å². The van der Waals surface area contributed by atoms with Gasteiger partial charge in [-0.25, -0.2) is 9.97 Å². The first kappa shape index (κ1) is 16.0. The second-order valence-electron chi connectivity index (χ2n) is 6.40. The first-order valence-corrected chi connectivity index (χ1v) is 8.51. The van der Waals surface area contributed by atoms with Crippen molar-refractivity contribution in [2.75, 3.05) is 6.61 Å². The molecule has 0 spiro atoms. The number of H-pyrrole nitrogens is 1. The standard InChI is InChI=1S/C18H21N5O2/c24-11-17-20-18(22-21-17)15-3-1-14(2-4-15)16-9-13(5-8-25-16)10-23-7-6-19-12-23/h1-4,6-7,12-13,16,24H,5,8-11H2,(H,20,21,22). The number of aliphatic hydroxyl groups is 1. The van der Waals surface area contributed by atoms with E-state index in [0.717, 1.165) is 31.6 Å². The topological polar surface area (TPSA) is 88.8 Å². The van der Waals surface area contributed by atoms with Gasteiger partial charge >= 0.3 is 0 Å². The Labute approximate surface area is 145 Å². The minimum Gasteiger partial charge on any atom is -0.388 e. The highest BCUT2D eigenvalue weighted by Crippen LogP contribution is 2.33. The molecule has 1 aliphatic rings. The maximum absolute atomic E-state index is 9.07. The van der Waals surface area contributed by atoms with Crippen LogP contribution in [0, 0.1) is 5.92 Å². The molecule has 2 aromatic heterocycles. The molecule has 1 aromatic carbocycles. The van der Waals surface area contributed by atoms with Gasteiger partial charge in [-0.1, -0.05) is 24.3 Å². The van der Waals surface area contributed by atoms with Gasteiger partial charge in [0.15, 0.2) is 11.6 Å². The third kappa shape index (κ3) is 3.62. The summed E-state index contributed by atoms with van der Waals surface area (Å²) in [6, 6.07) is 8.16. The lowest BCUT2D eigenvalue weighted by Crippen LogP contribution is -2.23. The van der Waals surface area contributed by atoms with Crippen molar-refractivity contribution in [3.8, 4) is 11.4 Å². The molecule has 7 nitrogen and oxygen atoms in total. The van der Waals surface area contributed by atoms with Crippen molar-refractivity contribution in [1.29, 1.82) is 0 Å². The number of hydrogen-bond donors (Lipinski definition) is 2. The van der Waals surface area contributed by atoms with E-state index in [1.54, 1.807) is 0 Å². The van der Waals surface area contributed by atoms with E-state index in [2.05, 4.69) is 36.9 Å². The van der Waals surface area contributed by atoms with Gasteiger partial charge in [-0.2, -0.15) is 5.10 Å². The van der Waals surface area contributed by atoms with E-state index >= 15 is 0 Å². The summed E-state index contributed by atoms with van der Waals surface area (Å²) in [4.78, 5) is 8.35. The fourth-order valence-corrected chi connectivity index (χ4v) is 3.30. The molecular weight excluding hydrogens is 318 g/mol. The largest absolute Gasteiger partial charge is 0.388 e. The number of aromatic amines is 1. The van der Waals surface area contributed by atoms with E-state index in [-0.39, 0.29) is 12.7 Å². The Hall–Kier alpha value is -2.51. The zero-order valence-electron chi connectivity index (χ0n) is 13.9. The number of aliphatic hydroxyl groups excluding tert-OH is 1. The number of hydrogen-bond acceptors (Lipinski definition) is 5. The van der Waals surface area contributed by atoms with Crippen LogP contribution in [0.15, 0.2) is 43.0 Å².